The summed E-state index contributed by atoms with van der Waals surface area (Å²) in [5, 5.41) is 9.58. The summed E-state index contributed by atoms with van der Waals surface area (Å²) >= 11 is 0. The molecular weight excluding hydrogens is 286 g/mol. The largest absolute Gasteiger partial charge is 0.389 e. The van der Waals surface area contributed by atoms with Crippen LogP contribution in [0.5, 0.6) is 0 Å². The molecule has 0 spiro atoms. The Bertz CT molecular complexity index is 561. The molecule has 0 heterocycles. The lowest BCUT2D eigenvalue weighted by Crippen LogP contribution is -2.37. The van der Waals surface area contributed by atoms with Crippen LogP contribution in [-0.4, -0.2) is 19.6 Å². The molecule has 1 atom stereocenters. The van der Waals surface area contributed by atoms with Gasteiger partial charge in [-0.3, -0.25) is 0 Å². The van der Waals surface area contributed by atoms with E-state index in [1.165, 1.54) is 6.42 Å². The number of rotatable bonds is 5. The summed E-state index contributed by atoms with van der Waals surface area (Å²) in [6.45, 7) is 3.82. The zero-order chi connectivity index (χ0) is 15.5. The smallest absolute Gasteiger partial charge is 0.240 e. The highest BCUT2D eigenvalue weighted by molar-refractivity contribution is 7.89. The molecule has 1 aliphatic carbocycles. The van der Waals surface area contributed by atoms with Gasteiger partial charge in [-0.2, -0.15) is 0 Å². The summed E-state index contributed by atoms with van der Waals surface area (Å²) in [6, 6.07) is 6.56. The SMILES string of the molecule is CCC1CCC(NS(=O)(=O)c2cccc(C(C)O)c2)CC1. The fourth-order valence-corrected chi connectivity index (χ4v) is 4.28. The van der Waals surface area contributed by atoms with Crippen LogP contribution in [-0.2, 0) is 10.0 Å². The Kier molecular flexibility index (Phi) is 5.41. The van der Waals surface area contributed by atoms with E-state index in [1.807, 2.05) is 0 Å². The second-order valence-electron chi connectivity index (χ2n) is 6.00. The normalized spacial score (nSPS) is 24.7. The number of benzene rings is 1. The van der Waals surface area contributed by atoms with E-state index in [-0.39, 0.29) is 10.9 Å². The molecule has 2 N–H and O–H groups in total. The Labute approximate surface area is 127 Å². The van der Waals surface area contributed by atoms with Gasteiger partial charge in [-0.1, -0.05) is 25.5 Å². The van der Waals surface area contributed by atoms with Crippen LogP contribution in [0.4, 0.5) is 0 Å². The molecule has 0 saturated heterocycles. The van der Waals surface area contributed by atoms with Crippen molar-refractivity contribution in [3.05, 3.63) is 29.8 Å². The third kappa shape index (κ3) is 4.28. The predicted molar refractivity (Wildman–Crippen MR) is 83.4 cm³/mol. The van der Waals surface area contributed by atoms with Crippen LogP contribution in [0.15, 0.2) is 29.2 Å². The van der Waals surface area contributed by atoms with Crippen LogP contribution in [0.25, 0.3) is 0 Å². The Hall–Kier alpha value is -0.910. The lowest BCUT2D eigenvalue weighted by atomic mass is 9.85. The van der Waals surface area contributed by atoms with E-state index in [9.17, 15) is 13.5 Å². The van der Waals surface area contributed by atoms with Crippen molar-refractivity contribution in [1.29, 1.82) is 0 Å². The molecule has 1 fully saturated rings. The summed E-state index contributed by atoms with van der Waals surface area (Å²) in [5.74, 6) is 0.740. The Morgan fingerprint density at radius 3 is 2.52 bits per heavy atom. The van der Waals surface area contributed by atoms with Gasteiger partial charge in [0.1, 0.15) is 0 Å². The van der Waals surface area contributed by atoms with E-state index in [0.717, 1.165) is 31.6 Å². The quantitative estimate of drug-likeness (QED) is 0.878. The van der Waals surface area contributed by atoms with Gasteiger partial charge < -0.3 is 5.11 Å². The van der Waals surface area contributed by atoms with Crippen LogP contribution in [0.3, 0.4) is 0 Å². The standard InChI is InChI=1S/C16H25NO3S/c1-3-13-7-9-15(10-8-13)17-21(19,20)16-6-4-5-14(11-16)12(2)18/h4-6,11-13,15,17-18H,3,7-10H2,1-2H3. The zero-order valence-electron chi connectivity index (χ0n) is 12.7. The van der Waals surface area contributed by atoms with Crippen molar-refractivity contribution in [2.75, 3.05) is 0 Å². The predicted octanol–water partition coefficient (Wildman–Crippen LogP) is 2.99. The maximum absolute atomic E-state index is 12.4. The van der Waals surface area contributed by atoms with Gasteiger partial charge in [-0.15, -0.1) is 0 Å². The molecule has 21 heavy (non-hydrogen) atoms. The van der Waals surface area contributed by atoms with Gasteiger partial charge in [0.15, 0.2) is 0 Å². The summed E-state index contributed by atoms with van der Waals surface area (Å²) in [5.41, 5.74) is 0.618. The molecule has 0 aliphatic heterocycles. The fraction of sp³-hybridized carbons (Fsp3) is 0.625. The van der Waals surface area contributed by atoms with Gasteiger partial charge in [0.05, 0.1) is 11.0 Å². The maximum atomic E-state index is 12.4. The molecular formula is C16H25NO3S. The minimum Gasteiger partial charge on any atom is -0.389 e. The minimum atomic E-state index is -3.50. The van der Waals surface area contributed by atoms with Gasteiger partial charge in [-0.25, -0.2) is 13.1 Å². The highest BCUT2D eigenvalue weighted by Gasteiger charge is 2.25. The first-order chi connectivity index (χ1) is 9.92. The van der Waals surface area contributed by atoms with Crippen LogP contribution < -0.4 is 4.72 Å². The highest BCUT2D eigenvalue weighted by atomic mass is 32.2. The molecule has 0 aromatic heterocycles. The first-order valence-corrected chi connectivity index (χ1v) is 9.21. The summed E-state index contributed by atoms with van der Waals surface area (Å²) in [4.78, 5) is 0.235. The van der Waals surface area contributed by atoms with Crippen molar-refractivity contribution in [3.63, 3.8) is 0 Å². The van der Waals surface area contributed by atoms with Gasteiger partial charge in [0.2, 0.25) is 10.0 Å². The second kappa shape index (κ2) is 6.90. The molecule has 1 aromatic rings. The van der Waals surface area contributed by atoms with Crippen molar-refractivity contribution in [1.82, 2.24) is 4.72 Å². The maximum Gasteiger partial charge on any atom is 0.240 e. The van der Waals surface area contributed by atoms with Crippen LogP contribution >= 0.6 is 0 Å². The van der Waals surface area contributed by atoms with E-state index in [4.69, 9.17) is 0 Å². The lowest BCUT2D eigenvalue weighted by molar-refractivity contribution is 0.199. The Balaban J connectivity index is 2.07. The topological polar surface area (TPSA) is 66.4 Å². The lowest BCUT2D eigenvalue weighted by Gasteiger charge is -2.28. The van der Waals surface area contributed by atoms with Gasteiger partial charge in [-0.05, 0) is 56.2 Å². The van der Waals surface area contributed by atoms with Gasteiger partial charge >= 0.3 is 0 Å². The Morgan fingerprint density at radius 1 is 1.29 bits per heavy atom. The van der Waals surface area contributed by atoms with E-state index < -0.39 is 16.1 Å². The number of hydrogen-bond acceptors (Lipinski definition) is 3. The van der Waals surface area contributed by atoms with Crippen molar-refractivity contribution >= 4 is 10.0 Å². The minimum absolute atomic E-state index is 0.0352. The number of hydrogen-bond donors (Lipinski definition) is 2. The summed E-state index contributed by atoms with van der Waals surface area (Å²) in [7, 11) is -3.50. The van der Waals surface area contributed by atoms with E-state index >= 15 is 0 Å². The molecule has 5 heteroatoms. The Morgan fingerprint density at radius 2 is 1.95 bits per heavy atom. The van der Waals surface area contributed by atoms with Crippen LogP contribution in [0.2, 0.25) is 0 Å². The van der Waals surface area contributed by atoms with E-state index in [2.05, 4.69) is 11.6 Å². The fourth-order valence-electron chi connectivity index (χ4n) is 2.92. The molecule has 2 rings (SSSR count). The van der Waals surface area contributed by atoms with Crippen molar-refractivity contribution in [2.24, 2.45) is 5.92 Å². The highest BCUT2D eigenvalue weighted by Crippen LogP contribution is 2.27. The monoisotopic (exact) mass is 311 g/mol. The van der Waals surface area contributed by atoms with Crippen molar-refractivity contribution in [2.45, 2.75) is 63.0 Å². The second-order valence-corrected chi connectivity index (χ2v) is 7.71. The molecule has 1 aromatic carbocycles. The van der Waals surface area contributed by atoms with Crippen molar-refractivity contribution in [3.8, 4) is 0 Å². The first-order valence-electron chi connectivity index (χ1n) is 7.72. The van der Waals surface area contributed by atoms with Crippen LogP contribution in [0.1, 0.15) is 57.6 Å². The number of aliphatic hydroxyl groups excluding tert-OH is 1. The summed E-state index contributed by atoms with van der Waals surface area (Å²) < 4.78 is 27.7. The molecule has 118 valence electrons. The number of aliphatic hydroxyl groups is 1. The van der Waals surface area contributed by atoms with E-state index in [1.54, 1.807) is 31.2 Å². The van der Waals surface area contributed by atoms with Crippen LogP contribution in [0, 0.1) is 5.92 Å². The van der Waals surface area contributed by atoms with Gasteiger partial charge in [0, 0.05) is 6.04 Å². The molecule has 4 nitrogen and oxygen atoms in total. The van der Waals surface area contributed by atoms with Crippen molar-refractivity contribution < 1.29 is 13.5 Å². The zero-order valence-corrected chi connectivity index (χ0v) is 13.6. The summed E-state index contributed by atoms with van der Waals surface area (Å²) in [6.07, 6.45) is 4.52. The third-order valence-corrected chi connectivity index (χ3v) is 5.91. The van der Waals surface area contributed by atoms with E-state index in [0.29, 0.717) is 5.56 Å². The molecule has 0 bridgehead atoms. The van der Waals surface area contributed by atoms with Gasteiger partial charge in [0.25, 0.3) is 0 Å². The molecule has 1 unspecified atom stereocenters. The molecule has 0 amide bonds. The molecule has 1 aliphatic rings. The average molecular weight is 311 g/mol. The molecule has 1 saturated carbocycles. The first kappa shape index (κ1) is 16.5. The number of sulfonamides is 1. The molecule has 0 radical (unpaired) electrons. The third-order valence-electron chi connectivity index (χ3n) is 4.40. The average Bonchev–Trinajstić information content (AvgIpc) is 2.48. The number of nitrogens with one attached hydrogen (secondary N) is 1.